The van der Waals surface area contributed by atoms with E-state index in [2.05, 4.69) is 19.9 Å². The van der Waals surface area contributed by atoms with Crippen LogP contribution in [0.15, 0.2) is 18.2 Å². The van der Waals surface area contributed by atoms with Crippen LogP contribution in [0.2, 0.25) is 0 Å². The summed E-state index contributed by atoms with van der Waals surface area (Å²) >= 11 is 0. The number of carbonyl (C=O) groups excluding carboxylic acids is 1. The zero-order valence-electron chi connectivity index (χ0n) is 11.4. The van der Waals surface area contributed by atoms with Crippen LogP contribution in [0.25, 0.3) is 0 Å². The molecule has 1 atom stereocenters. The van der Waals surface area contributed by atoms with Crippen molar-refractivity contribution in [2.75, 3.05) is 12.3 Å². The second-order valence-corrected chi connectivity index (χ2v) is 5.53. The van der Waals surface area contributed by atoms with Gasteiger partial charge in [0.25, 0.3) is 0 Å². The first-order valence-corrected chi connectivity index (χ1v) is 6.65. The summed E-state index contributed by atoms with van der Waals surface area (Å²) in [6, 6.07) is 6.01. The minimum absolute atomic E-state index is 0.0801. The van der Waals surface area contributed by atoms with E-state index in [9.17, 15) is 4.79 Å². The molecule has 1 aromatic carbocycles. The predicted octanol–water partition coefficient (Wildman–Crippen LogP) is 2.45. The number of nitrogens with two attached hydrogens (primary N) is 1. The number of amides is 1. The Morgan fingerprint density at radius 1 is 1.33 bits per heavy atom. The SMILES string of the molecule is CC(C)C(C)C(=O)N1CCc2cccc(N)c2C1. The lowest BCUT2D eigenvalue weighted by molar-refractivity contribution is -0.137. The molecule has 3 heteroatoms. The molecule has 0 fully saturated rings. The summed E-state index contributed by atoms with van der Waals surface area (Å²) in [5.41, 5.74) is 9.23. The van der Waals surface area contributed by atoms with E-state index < -0.39 is 0 Å². The number of carbonyl (C=O) groups is 1. The van der Waals surface area contributed by atoms with Crippen LogP contribution in [-0.2, 0) is 17.8 Å². The van der Waals surface area contributed by atoms with Crippen molar-refractivity contribution in [2.24, 2.45) is 11.8 Å². The zero-order chi connectivity index (χ0) is 13.3. The Kier molecular flexibility index (Phi) is 3.60. The highest BCUT2D eigenvalue weighted by atomic mass is 16.2. The summed E-state index contributed by atoms with van der Waals surface area (Å²) in [5, 5.41) is 0. The number of anilines is 1. The van der Waals surface area contributed by atoms with E-state index in [1.165, 1.54) is 5.56 Å². The van der Waals surface area contributed by atoms with Gasteiger partial charge in [0.05, 0.1) is 0 Å². The van der Waals surface area contributed by atoms with Gasteiger partial charge in [-0.1, -0.05) is 32.9 Å². The fraction of sp³-hybridized carbons (Fsp3) is 0.533. The summed E-state index contributed by atoms with van der Waals surface area (Å²) in [4.78, 5) is 14.3. The van der Waals surface area contributed by atoms with E-state index in [0.717, 1.165) is 24.2 Å². The summed E-state index contributed by atoms with van der Waals surface area (Å²) in [7, 11) is 0. The van der Waals surface area contributed by atoms with Crippen molar-refractivity contribution in [3.8, 4) is 0 Å². The molecule has 1 aliphatic heterocycles. The van der Waals surface area contributed by atoms with E-state index in [1.54, 1.807) is 0 Å². The van der Waals surface area contributed by atoms with Gasteiger partial charge in [-0.3, -0.25) is 4.79 Å². The van der Waals surface area contributed by atoms with Crippen molar-refractivity contribution < 1.29 is 4.79 Å². The van der Waals surface area contributed by atoms with Crippen molar-refractivity contribution in [1.82, 2.24) is 4.90 Å². The standard InChI is InChI=1S/C15H22N2O/c1-10(2)11(3)15(18)17-8-7-12-5-4-6-14(16)13(12)9-17/h4-6,10-11H,7-9,16H2,1-3H3. The first kappa shape index (κ1) is 12.9. The number of nitrogens with zero attached hydrogens (tertiary/aromatic N) is 1. The van der Waals surface area contributed by atoms with Gasteiger partial charge in [0.1, 0.15) is 0 Å². The lowest BCUT2D eigenvalue weighted by Gasteiger charge is -2.32. The summed E-state index contributed by atoms with van der Waals surface area (Å²) < 4.78 is 0. The molecule has 1 heterocycles. The Morgan fingerprint density at radius 2 is 2.06 bits per heavy atom. The highest BCUT2D eigenvalue weighted by Gasteiger charge is 2.26. The maximum absolute atomic E-state index is 12.3. The highest BCUT2D eigenvalue weighted by molar-refractivity contribution is 5.79. The molecule has 0 spiro atoms. The van der Waals surface area contributed by atoms with Crippen molar-refractivity contribution in [2.45, 2.75) is 33.7 Å². The molecule has 0 saturated carbocycles. The predicted molar refractivity (Wildman–Crippen MR) is 74.0 cm³/mol. The van der Waals surface area contributed by atoms with Crippen LogP contribution >= 0.6 is 0 Å². The molecule has 0 aromatic heterocycles. The van der Waals surface area contributed by atoms with E-state index >= 15 is 0 Å². The van der Waals surface area contributed by atoms with Gasteiger partial charge < -0.3 is 10.6 Å². The average molecular weight is 246 g/mol. The molecule has 18 heavy (non-hydrogen) atoms. The van der Waals surface area contributed by atoms with Gasteiger partial charge in [-0.15, -0.1) is 0 Å². The maximum atomic E-state index is 12.3. The van der Waals surface area contributed by atoms with Gasteiger partial charge >= 0.3 is 0 Å². The van der Waals surface area contributed by atoms with Crippen LogP contribution < -0.4 is 5.73 Å². The van der Waals surface area contributed by atoms with E-state index in [1.807, 2.05) is 24.0 Å². The molecule has 2 N–H and O–H groups in total. The molecule has 0 radical (unpaired) electrons. The summed E-state index contributed by atoms with van der Waals surface area (Å²) in [6.45, 7) is 7.67. The van der Waals surface area contributed by atoms with Crippen LogP contribution in [0.1, 0.15) is 31.9 Å². The third kappa shape index (κ3) is 2.35. The monoisotopic (exact) mass is 246 g/mol. The van der Waals surface area contributed by atoms with Crippen LogP contribution in [0.4, 0.5) is 5.69 Å². The third-order valence-corrected chi connectivity index (χ3v) is 4.01. The second-order valence-electron chi connectivity index (χ2n) is 5.53. The van der Waals surface area contributed by atoms with Gasteiger partial charge in [0.15, 0.2) is 0 Å². The van der Waals surface area contributed by atoms with Crippen LogP contribution in [0, 0.1) is 11.8 Å². The smallest absolute Gasteiger partial charge is 0.225 e. The van der Waals surface area contributed by atoms with Crippen LogP contribution in [-0.4, -0.2) is 17.4 Å². The van der Waals surface area contributed by atoms with Gasteiger partial charge in [-0.05, 0) is 29.5 Å². The molecule has 3 nitrogen and oxygen atoms in total. The molecule has 1 aromatic rings. The summed E-state index contributed by atoms with van der Waals surface area (Å²) in [6.07, 6.45) is 0.914. The lowest BCUT2D eigenvalue weighted by atomic mass is 9.93. The molecule has 0 aliphatic carbocycles. The molecule has 1 amide bonds. The number of fused-ring (bicyclic) bond motifs is 1. The van der Waals surface area contributed by atoms with Crippen LogP contribution in [0.5, 0.6) is 0 Å². The van der Waals surface area contributed by atoms with Crippen molar-refractivity contribution in [3.63, 3.8) is 0 Å². The minimum atomic E-state index is 0.0801. The van der Waals surface area contributed by atoms with E-state index in [4.69, 9.17) is 5.73 Å². The maximum Gasteiger partial charge on any atom is 0.225 e. The molecule has 98 valence electrons. The Balaban J connectivity index is 2.17. The molecule has 0 saturated heterocycles. The molecule has 1 aliphatic rings. The Morgan fingerprint density at radius 3 is 2.72 bits per heavy atom. The van der Waals surface area contributed by atoms with Gasteiger partial charge in [-0.2, -0.15) is 0 Å². The minimum Gasteiger partial charge on any atom is -0.398 e. The van der Waals surface area contributed by atoms with Crippen molar-refractivity contribution >= 4 is 11.6 Å². The summed E-state index contributed by atoms with van der Waals surface area (Å²) in [5.74, 6) is 0.711. The van der Waals surface area contributed by atoms with Crippen molar-refractivity contribution in [1.29, 1.82) is 0 Å². The number of hydrogen-bond acceptors (Lipinski definition) is 2. The zero-order valence-corrected chi connectivity index (χ0v) is 11.4. The first-order valence-electron chi connectivity index (χ1n) is 6.65. The number of benzene rings is 1. The average Bonchev–Trinajstić information content (AvgIpc) is 2.37. The van der Waals surface area contributed by atoms with E-state index in [0.29, 0.717) is 12.5 Å². The molecule has 2 rings (SSSR count). The lowest BCUT2D eigenvalue weighted by Crippen LogP contribution is -2.40. The Hall–Kier alpha value is -1.51. The molecule has 1 unspecified atom stereocenters. The van der Waals surface area contributed by atoms with Crippen LogP contribution in [0.3, 0.4) is 0 Å². The molecule has 0 bridgehead atoms. The fourth-order valence-electron chi connectivity index (χ4n) is 2.37. The van der Waals surface area contributed by atoms with Gasteiger partial charge in [0, 0.05) is 24.7 Å². The van der Waals surface area contributed by atoms with Crippen molar-refractivity contribution in [3.05, 3.63) is 29.3 Å². The highest BCUT2D eigenvalue weighted by Crippen LogP contribution is 2.26. The Bertz CT molecular complexity index is 454. The quantitative estimate of drug-likeness (QED) is 0.815. The fourth-order valence-corrected chi connectivity index (χ4v) is 2.37. The number of rotatable bonds is 2. The topological polar surface area (TPSA) is 46.3 Å². The second kappa shape index (κ2) is 5.01. The number of nitrogen functional groups attached to an aromatic ring is 1. The normalized spacial score (nSPS) is 16.6. The first-order chi connectivity index (χ1) is 8.50. The largest absolute Gasteiger partial charge is 0.398 e. The Labute approximate surface area is 109 Å². The molecular formula is C15H22N2O. The van der Waals surface area contributed by atoms with Gasteiger partial charge in [0.2, 0.25) is 5.91 Å². The third-order valence-electron chi connectivity index (χ3n) is 4.01. The van der Waals surface area contributed by atoms with Gasteiger partial charge in [-0.25, -0.2) is 0 Å². The molecular weight excluding hydrogens is 224 g/mol. The number of hydrogen-bond donors (Lipinski definition) is 1. The van der Waals surface area contributed by atoms with E-state index in [-0.39, 0.29) is 11.8 Å².